The van der Waals surface area contributed by atoms with E-state index in [2.05, 4.69) is 10.4 Å². The van der Waals surface area contributed by atoms with Crippen LogP contribution in [0.15, 0.2) is 42.0 Å². The highest BCUT2D eigenvalue weighted by Crippen LogP contribution is 2.22. The number of halogens is 1. The van der Waals surface area contributed by atoms with Crippen LogP contribution in [0.5, 0.6) is 0 Å². The minimum Gasteiger partial charge on any atom is -0.321 e. The van der Waals surface area contributed by atoms with Crippen LogP contribution in [0.3, 0.4) is 0 Å². The third-order valence-corrected chi connectivity index (χ3v) is 4.87. The van der Waals surface area contributed by atoms with Crippen molar-refractivity contribution in [3.05, 3.63) is 73.2 Å². The van der Waals surface area contributed by atoms with E-state index in [1.807, 2.05) is 18.4 Å². The molecule has 0 aliphatic carbocycles. The molecule has 0 spiro atoms. The van der Waals surface area contributed by atoms with Crippen LogP contribution < -0.4 is 5.32 Å². The van der Waals surface area contributed by atoms with Gasteiger partial charge in [-0.25, -0.2) is 0 Å². The monoisotopic (exact) mass is 376 g/mol. The second-order valence-electron chi connectivity index (χ2n) is 5.39. The molecule has 0 atom stereocenters. The lowest BCUT2D eigenvalue weighted by molar-refractivity contribution is -0.385. The summed E-state index contributed by atoms with van der Waals surface area (Å²) in [6.07, 6.45) is 2.55. The summed E-state index contributed by atoms with van der Waals surface area (Å²) in [5, 5.41) is 19.8. The van der Waals surface area contributed by atoms with Gasteiger partial charge in [0.05, 0.1) is 16.3 Å². The first kappa shape index (κ1) is 17.1. The maximum Gasteiger partial charge on any atom is 0.307 e. The van der Waals surface area contributed by atoms with Crippen LogP contribution in [-0.4, -0.2) is 20.6 Å². The zero-order chi connectivity index (χ0) is 18.0. The predicted octanol–water partition coefficient (Wildman–Crippen LogP) is 4.12. The van der Waals surface area contributed by atoms with E-state index >= 15 is 0 Å². The zero-order valence-corrected chi connectivity index (χ0v) is 14.7. The van der Waals surface area contributed by atoms with Crippen LogP contribution >= 0.6 is 22.9 Å². The molecule has 0 bridgehead atoms. The number of nitrogens with zero attached hydrogens (tertiary/aromatic N) is 3. The third kappa shape index (κ3) is 4.04. The number of aromatic nitrogens is 2. The fourth-order valence-corrected chi connectivity index (χ4v) is 3.14. The Hall–Kier alpha value is -2.71. The molecule has 9 heteroatoms. The van der Waals surface area contributed by atoms with Gasteiger partial charge in [0.2, 0.25) is 0 Å². The number of hydrogen-bond acceptors (Lipinski definition) is 5. The smallest absolute Gasteiger partial charge is 0.307 e. The van der Waals surface area contributed by atoms with Crippen molar-refractivity contribution >= 4 is 40.2 Å². The quantitative estimate of drug-likeness (QED) is 0.535. The first-order valence-electron chi connectivity index (χ1n) is 7.24. The van der Waals surface area contributed by atoms with Gasteiger partial charge in [0.15, 0.2) is 0 Å². The molecule has 3 rings (SSSR count). The summed E-state index contributed by atoms with van der Waals surface area (Å²) in [6.45, 7) is 2.24. The molecule has 1 N–H and O–H groups in total. The van der Waals surface area contributed by atoms with Crippen molar-refractivity contribution in [3.8, 4) is 0 Å². The molecule has 2 aromatic heterocycles. The lowest BCUT2D eigenvalue weighted by Crippen LogP contribution is -2.10. The first-order valence-corrected chi connectivity index (χ1v) is 8.50. The molecular weight excluding hydrogens is 364 g/mol. The van der Waals surface area contributed by atoms with E-state index < -0.39 is 4.92 Å². The Labute approximate surface area is 152 Å². The number of nitro groups is 1. The molecule has 1 aromatic carbocycles. The molecule has 3 aromatic rings. The van der Waals surface area contributed by atoms with E-state index in [1.54, 1.807) is 18.2 Å². The summed E-state index contributed by atoms with van der Waals surface area (Å²) < 4.78 is 1.46. The number of carbonyl (C=O) groups is 1. The van der Waals surface area contributed by atoms with Crippen LogP contribution in [-0.2, 0) is 6.54 Å². The van der Waals surface area contributed by atoms with Gasteiger partial charge in [-0.3, -0.25) is 19.6 Å². The summed E-state index contributed by atoms with van der Waals surface area (Å²) in [5.41, 5.74) is 2.34. The van der Waals surface area contributed by atoms with Gasteiger partial charge in [-0.05, 0) is 41.6 Å². The normalized spacial score (nSPS) is 10.6. The molecular formula is C16H13ClN4O3S. The van der Waals surface area contributed by atoms with Gasteiger partial charge >= 0.3 is 5.69 Å². The van der Waals surface area contributed by atoms with Crippen molar-refractivity contribution in [2.75, 3.05) is 5.32 Å². The van der Waals surface area contributed by atoms with Gasteiger partial charge in [-0.2, -0.15) is 5.10 Å². The van der Waals surface area contributed by atoms with Gasteiger partial charge in [-0.15, -0.1) is 11.3 Å². The van der Waals surface area contributed by atoms with E-state index in [0.29, 0.717) is 22.1 Å². The van der Waals surface area contributed by atoms with Crippen molar-refractivity contribution in [3.63, 3.8) is 0 Å². The highest BCUT2D eigenvalue weighted by atomic mass is 35.5. The SMILES string of the molecule is Cc1ccc(NC(=O)c2cc(Cn3cc([N+](=O)[O-])cn3)cs2)cc1Cl. The number of rotatable bonds is 5. The zero-order valence-electron chi connectivity index (χ0n) is 13.1. The minimum atomic E-state index is -0.497. The highest BCUT2D eigenvalue weighted by molar-refractivity contribution is 7.12. The van der Waals surface area contributed by atoms with Crippen LogP contribution in [0, 0.1) is 17.0 Å². The topological polar surface area (TPSA) is 90.1 Å². The lowest BCUT2D eigenvalue weighted by atomic mass is 10.2. The molecule has 0 radical (unpaired) electrons. The molecule has 25 heavy (non-hydrogen) atoms. The maximum atomic E-state index is 12.3. The van der Waals surface area contributed by atoms with E-state index in [4.69, 9.17) is 11.6 Å². The number of hydrogen-bond donors (Lipinski definition) is 1. The number of aryl methyl sites for hydroxylation is 1. The van der Waals surface area contributed by atoms with Crippen LogP contribution in [0.2, 0.25) is 5.02 Å². The van der Waals surface area contributed by atoms with Crippen LogP contribution in [0.4, 0.5) is 11.4 Å². The molecule has 0 fully saturated rings. The second kappa shape index (κ2) is 7.04. The fourth-order valence-electron chi connectivity index (χ4n) is 2.16. The second-order valence-corrected chi connectivity index (χ2v) is 6.71. The van der Waals surface area contributed by atoms with E-state index in [9.17, 15) is 14.9 Å². The van der Waals surface area contributed by atoms with Gasteiger partial charge in [0, 0.05) is 10.7 Å². The van der Waals surface area contributed by atoms with E-state index in [0.717, 1.165) is 11.1 Å². The summed E-state index contributed by atoms with van der Waals surface area (Å²) >= 11 is 7.35. The Morgan fingerprint density at radius 3 is 2.92 bits per heavy atom. The highest BCUT2D eigenvalue weighted by Gasteiger charge is 2.13. The molecule has 7 nitrogen and oxygen atoms in total. The van der Waals surface area contributed by atoms with E-state index in [-0.39, 0.29) is 11.6 Å². The third-order valence-electron chi connectivity index (χ3n) is 3.48. The molecule has 0 unspecified atom stereocenters. The number of benzene rings is 1. The van der Waals surface area contributed by atoms with Crippen LogP contribution in [0.1, 0.15) is 20.8 Å². The number of thiophene rings is 1. The average molecular weight is 377 g/mol. The Morgan fingerprint density at radius 1 is 1.44 bits per heavy atom. The number of nitrogens with one attached hydrogen (secondary N) is 1. The molecule has 2 heterocycles. The Kier molecular flexibility index (Phi) is 4.82. The molecule has 1 amide bonds. The minimum absolute atomic E-state index is 0.0653. The molecule has 128 valence electrons. The van der Waals surface area contributed by atoms with Gasteiger partial charge in [0.25, 0.3) is 5.91 Å². The maximum absolute atomic E-state index is 12.3. The average Bonchev–Trinajstić information content (AvgIpc) is 3.21. The van der Waals surface area contributed by atoms with Crippen molar-refractivity contribution in [2.45, 2.75) is 13.5 Å². The standard InChI is InChI=1S/C16H13ClN4O3S/c1-10-2-3-12(5-14(10)17)19-16(22)15-4-11(9-25-15)7-20-8-13(6-18-20)21(23)24/h2-6,8-9H,7H2,1H3,(H,19,22). The fraction of sp³-hybridized carbons (Fsp3) is 0.125. The van der Waals surface area contributed by atoms with E-state index in [1.165, 1.54) is 28.4 Å². The Morgan fingerprint density at radius 2 is 2.24 bits per heavy atom. The van der Waals surface area contributed by atoms with Crippen molar-refractivity contribution in [2.24, 2.45) is 0 Å². The lowest BCUT2D eigenvalue weighted by Gasteiger charge is -2.05. The Balaban J connectivity index is 1.68. The number of amides is 1. The summed E-state index contributed by atoms with van der Waals surface area (Å²) in [5.74, 6) is -0.234. The van der Waals surface area contributed by atoms with Crippen LogP contribution in [0.25, 0.3) is 0 Å². The summed E-state index contributed by atoms with van der Waals surface area (Å²) in [6, 6.07) is 7.06. The summed E-state index contributed by atoms with van der Waals surface area (Å²) in [4.78, 5) is 23.0. The van der Waals surface area contributed by atoms with Crippen molar-refractivity contribution < 1.29 is 9.72 Å². The Bertz CT molecular complexity index is 951. The molecule has 0 aliphatic rings. The number of anilines is 1. The van der Waals surface area contributed by atoms with Crippen molar-refractivity contribution in [1.82, 2.24) is 9.78 Å². The van der Waals surface area contributed by atoms with Crippen molar-refractivity contribution in [1.29, 1.82) is 0 Å². The van der Waals surface area contributed by atoms with Gasteiger partial charge in [-0.1, -0.05) is 17.7 Å². The summed E-state index contributed by atoms with van der Waals surface area (Å²) in [7, 11) is 0. The molecule has 0 saturated heterocycles. The van der Waals surface area contributed by atoms with Gasteiger partial charge < -0.3 is 5.32 Å². The molecule has 0 saturated carbocycles. The first-order chi connectivity index (χ1) is 11.9. The predicted molar refractivity (Wildman–Crippen MR) is 96.4 cm³/mol. The number of carbonyl (C=O) groups excluding carboxylic acids is 1. The largest absolute Gasteiger partial charge is 0.321 e. The van der Waals surface area contributed by atoms with Gasteiger partial charge in [0.1, 0.15) is 12.4 Å². The molecule has 0 aliphatic heterocycles.